The highest BCUT2D eigenvalue weighted by atomic mass is 32.1. The topological polar surface area (TPSA) is 62.0 Å². The fraction of sp³-hybridized carbons (Fsp3) is 0.368. The number of allylic oxidation sites excluding steroid dienone is 5. The van der Waals surface area contributed by atoms with Crippen molar-refractivity contribution in [3.05, 3.63) is 56.7 Å². The summed E-state index contributed by atoms with van der Waals surface area (Å²) in [5.41, 5.74) is 6.04. The zero-order valence-electron chi connectivity index (χ0n) is 16.0. The van der Waals surface area contributed by atoms with Crippen LogP contribution in [0.5, 0.6) is 0 Å². The van der Waals surface area contributed by atoms with E-state index < -0.39 is 0 Å². The summed E-state index contributed by atoms with van der Waals surface area (Å²) >= 11 is 3.65. The zero-order valence-corrected chi connectivity index (χ0v) is 18.4. The van der Waals surface area contributed by atoms with Crippen molar-refractivity contribution in [1.82, 2.24) is 8.75 Å². The van der Waals surface area contributed by atoms with Crippen molar-refractivity contribution in [1.29, 1.82) is 4.78 Å². The molecule has 26 heavy (non-hydrogen) atoms. The second kappa shape index (κ2) is 9.30. The van der Waals surface area contributed by atoms with Crippen molar-refractivity contribution >= 4 is 45.6 Å². The van der Waals surface area contributed by atoms with E-state index in [1.165, 1.54) is 27.8 Å². The van der Waals surface area contributed by atoms with Crippen molar-refractivity contribution in [2.45, 2.75) is 41.5 Å². The Labute approximate surface area is 167 Å². The van der Waals surface area contributed by atoms with Crippen LogP contribution in [0.2, 0.25) is 0 Å². The van der Waals surface area contributed by atoms with Crippen molar-refractivity contribution in [3.8, 4) is 0 Å². The monoisotopic (exact) mass is 404 g/mol. The van der Waals surface area contributed by atoms with Gasteiger partial charge in [0, 0.05) is 15.3 Å². The Kier molecular flexibility index (Phi) is 7.37. The van der Waals surface area contributed by atoms with Gasteiger partial charge in [-0.25, -0.2) is 4.78 Å². The van der Waals surface area contributed by atoms with E-state index in [4.69, 9.17) is 4.78 Å². The van der Waals surface area contributed by atoms with E-state index in [-0.39, 0.29) is 0 Å². The van der Waals surface area contributed by atoms with Crippen molar-refractivity contribution < 1.29 is 0 Å². The second-order valence-electron chi connectivity index (χ2n) is 6.49. The van der Waals surface area contributed by atoms with Crippen LogP contribution in [0, 0.1) is 17.6 Å². The summed E-state index contributed by atoms with van der Waals surface area (Å²) in [6.45, 7) is 12.5. The third-order valence-corrected chi connectivity index (χ3v) is 5.94. The van der Waals surface area contributed by atoms with E-state index >= 15 is 0 Å². The van der Waals surface area contributed by atoms with Crippen LogP contribution >= 0.6 is 23.1 Å². The fourth-order valence-electron chi connectivity index (χ4n) is 2.71. The molecule has 0 saturated carbocycles. The van der Waals surface area contributed by atoms with Crippen LogP contribution in [0.4, 0.5) is 0 Å². The fourth-order valence-corrected chi connectivity index (χ4v) is 4.57. The number of hydrogen-bond acceptors (Lipinski definition) is 6. The Morgan fingerprint density at radius 3 is 2.46 bits per heavy atom. The summed E-state index contributed by atoms with van der Waals surface area (Å²) in [6.07, 6.45) is 4.49. The number of aromatic nitrogens is 2. The SMILES string of the molecule is CC(=C/C(C)C)/C=C(\C)c1ccc(/C(=C(/C)N=S=N)c2nsnc2C)s1. The van der Waals surface area contributed by atoms with Gasteiger partial charge < -0.3 is 0 Å². The van der Waals surface area contributed by atoms with E-state index in [2.05, 4.69) is 65.1 Å². The molecule has 0 aliphatic carbocycles. The maximum absolute atomic E-state index is 7.34. The van der Waals surface area contributed by atoms with Crippen molar-refractivity contribution in [2.24, 2.45) is 10.3 Å². The van der Waals surface area contributed by atoms with Crippen LogP contribution in [-0.2, 0) is 11.4 Å². The van der Waals surface area contributed by atoms with Gasteiger partial charge in [-0.3, -0.25) is 0 Å². The minimum absolute atomic E-state index is 0.541. The molecule has 4 nitrogen and oxygen atoms in total. The van der Waals surface area contributed by atoms with E-state index in [1.54, 1.807) is 11.3 Å². The number of aryl methyl sites for hydroxylation is 1. The number of thiophene rings is 1. The van der Waals surface area contributed by atoms with Crippen LogP contribution in [-0.4, -0.2) is 8.75 Å². The van der Waals surface area contributed by atoms with E-state index in [1.807, 2.05) is 13.8 Å². The van der Waals surface area contributed by atoms with Gasteiger partial charge in [0.2, 0.25) is 0 Å². The molecule has 0 aliphatic heterocycles. The minimum atomic E-state index is 0.541. The number of rotatable bonds is 6. The first-order valence-electron chi connectivity index (χ1n) is 8.35. The van der Waals surface area contributed by atoms with Gasteiger partial charge in [-0.05, 0) is 51.3 Å². The molecule has 138 valence electrons. The summed E-state index contributed by atoms with van der Waals surface area (Å²) < 4.78 is 20.3. The summed E-state index contributed by atoms with van der Waals surface area (Å²) in [4.78, 5) is 2.32. The minimum Gasteiger partial charge on any atom is -0.229 e. The predicted molar refractivity (Wildman–Crippen MR) is 115 cm³/mol. The Morgan fingerprint density at radius 1 is 1.19 bits per heavy atom. The lowest BCUT2D eigenvalue weighted by Crippen LogP contribution is -1.91. The van der Waals surface area contributed by atoms with Gasteiger partial charge in [0.1, 0.15) is 5.69 Å². The molecule has 0 saturated heterocycles. The molecule has 1 N–H and O–H groups in total. The van der Waals surface area contributed by atoms with Crippen LogP contribution < -0.4 is 0 Å². The summed E-state index contributed by atoms with van der Waals surface area (Å²) in [5.74, 6) is 0.541. The summed E-state index contributed by atoms with van der Waals surface area (Å²) in [7, 11) is 0. The van der Waals surface area contributed by atoms with Gasteiger partial charge in [0.15, 0.2) is 0 Å². The van der Waals surface area contributed by atoms with Gasteiger partial charge in [0.25, 0.3) is 0 Å². The first-order chi connectivity index (χ1) is 12.3. The highest BCUT2D eigenvalue weighted by Crippen LogP contribution is 2.35. The molecular formula is C19H24N4S3. The molecule has 2 heterocycles. The maximum Gasteiger partial charge on any atom is 0.110 e. The first-order valence-corrected chi connectivity index (χ1v) is 10.7. The van der Waals surface area contributed by atoms with Gasteiger partial charge in [-0.15, -0.1) is 11.3 Å². The molecule has 0 aromatic carbocycles. The van der Waals surface area contributed by atoms with Crippen LogP contribution in [0.3, 0.4) is 0 Å². The lowest BCUT2D eigenvalue weighted by atomic mass is 10.1. The Bertz CT molecular complexity index is 922. The van der Waals surface area contributed by atoms with Crippen molar-refractivity contribution in [3.63, 3.8) is 0 Å². The third kappa shape index (κ3) is 5.16. The molecule has 0 spiro atoms. The number of hydrogen-bond donors (Lipinski definition) is 1. The first kappa shape index (κ1) is 20.6. The highest BCUT2D eigenvalue weighted by Gasteiger charge is 2.17. The molecule has 7 heteroatoms. The van der Waals surface area contributed by atoms with E-state index in [0.29, 0.717) is 5.92 Å². The standard InChI is InChI=1S/C19H24N4S3/c1-11(2)9-12(3)10-13(4)16-7-8-17(24-16)18(14(5)21-25-20)19-15(6)22-26-23-19/h7-11,20H,1-6H3/b12-9-,13-10+,18-14+. The zero-order chi connectivity index (χ0) is 19.3. The Balaban J connectivity index is 2.48. The van der Waals surface area contributed by atoms with Gasteiger partial charge in [-0.2, -0.15) is 13.1 Å². The lowest BCUT2D eigenvalue weighted by Gasteiger charge is -2.05. The molecule has 0 amide bonds. The largest absolute Gasteiger partial charge is 0.229 e. The molecule has 0 fully saturated rings. The van der Waals surface area contributed by atoms with Crippen LogP contribution in [0.25, 0.3) is 11.1 Å². The summed E-state index contributed by atoms with van der Waals surface area (Å²) in [6, 6.07) is 4.26. The van der Waals surface area contributed by atoms with Crippen LogP contribution in [0.1, 0.15) is 55.8 Å². The molecule has 0 bridgehead atoms. The second-order valence-corrected chi connectivity index (χ2v) is 8.46. The quantitative estimate of drug-likeness (QED) is 0.543. The number of nitrogens with one attached hydrogen (secondary N) is 1. The molecule has 2 aromatic rings. The van der Waals surface area contributed by atoms with Gasteiger partial charge in [0.05, 0.1) is 34.5 Å². The normalized spacial score (nSPS) is 13.8. The van der Waals surface area contributed by atoms with Crippen LogP contribution in [0.15, 0.2) is 39.9 Å². The molecule has 2 aromatic heterocycles. The van der Waals surface area contributed by atoms with E-state index in [9.17, 15) is 0 Å². The maximum atomic E-state index is 7.34. The Hall–Kier alpha value is -1.70. The highest BCUT2D eigenvalue weighted by molar-refractivity contribution is 7.55. The molecular weight excluding hydrogens is 380 g/mol. The number of nitrogens with zero attached hydrogens (tertiary/aromatic N) is 3. The molecule has 0 aliphatic rings. The predicted octanol–water partition coefficient (Wildman–Crippen LogP) is 6.72. The molecule has 2 rings (SSSR count). The molecule has 0 atom stereocenters. The van der Waals surface area contributed by atoms with Gasteiger partial charge in [-0.1, -0.05) is 31.6 Å². The lowest BCUT2D eigenvalue weighted by molar-refractivity contribution is 0.825. The molecule has 0 radical (unpaired) electrons. The average molecular weight is 405 g/mol. The average Bonchev–Trinajstić information content (AvgIpc) is 3.17. The van der Waals surface area contributed by atoms with E-state index in [0.717, 1.165) is 38.9 Å². The molecule has 0 unspecified atom stereocenters. The van der Waals surface area contributed by atoms with Crippen molar-refractivity contribution in [2.75, 3.05) is 0 Å². The summed E-state index contributed by atoms with van der Waals surface area (Å²) in [5, 5.41) is 0. The Morgan fingerprint density at radius 2 is 1.88 bits per heavy atom. The third-order valence-electron chi connectivity index (χ3n) is 3.72. The van der Waals surface area contributed by atoms with Gasteiger partial charge >= 0.3 is 0 Å². The smallest absolute Gasteiger partial charge is 0.110 e.